The number of nitrogens with zero attached hydrogens (tertiary/aromatic N) is 4. The van der Waals surface area contributed by atoms with E-state index < -0.39 is 0 Å². The highest BCUT2D eigenvalue weighted by Gasteiger charge is 2.15. The molecule has 0 saturated carbocycles. The summed E-state index contributed by atoms with van der Waals surface area (Å²) in [6.45, 7) is 6.08. The third-order valence-corrected chi connectivity index (χ3v) is 3.42. The molecule has 0 fully saturated rings. The fraction of sp³-hybridized carbons (Fsp3) is 0.235. The van der Waals surface area contributed by atoms with Crippen LogP contribution in [0.25, 0.3) is 5.65 Å². The maximum absolute atomic E-state index is 13.5. The van der Waals surface area contributed by atoms with Crippen LogP contribution in [0.1, 0.15) is 31.0 Å². The van der Waals surface area contributed by atoms with E-state index in [-0.39, 0.29) is 11.7 Å². The number of imidazole rings is 1. The number of rotatable bonds is 3. The van der Waals surface area contributed by atoms with Gasteiger partial charge < -0.3 is 0 Å². The van der Waals surface area contributed by atoms with Crippen LogP contribution in [0.15, 0.2) is 52.8 Å². The predicted octanol–water partition coefficient (Wildman–Crippen LogP) is 5.32. The van der Waals surface area contributed by atoms with Crippen molar-refractivity contribution in [2.24, 2.45) is 10.2 Å². The smallest absolute Gasteiger partial charge is 0.183 e. The molecule has 3 aromatic rings. The van der Waals surface area contributed by atoms with Crippen molar-refractivity contribution in [3.05, 3.63) is 59.7 Å². The molecule has 0 aliphatic rings. The van der Waals surface area contributed by atoms with Crippen molar-refractivity contribution in [2.75, 3.05) is 0 Å². The SMILES string of the molecule is Cc1ccc(N=Nc2c(C(C)C)nc3ccc(F)cn23)cc1. The largest absolute Gasteiger partial charge is 0.280 e. The van der Waals surface area contributed by atoms with E-state index in [4.69, 9.17) is 0 Å². The van der Waals surface area contributed by atoms with Crippen LogP contribution in [0.2, 0.25) is 0 Å². The Bertz CT molecular complexity index is 832. The van der Waals surface area contributed by atoms with Crippen LogP contribution in [0, 0.1) is 12.7 Å². The molecule has 3 rings (SSSR count). The molecule has 0 amide bonds. The van der Waals surface area contributed by atoms with Gasteiger partial charge in [0.15, 0.2) is 5.82 Å². The van der Waals surface area contributed by atoms with Crippen LogP contribution in [0.4, 0.5) is 15.9 Å². The minimum absolute atomic E-state index is 0.176. The first-order chi connectivity index (χ1) is 10.5. The third-order valence-electron chi connectivity index (χ3n) is 3.42. The van der Waals surface area contributed by atoms with Crippen molar-refractivity contribution in [3.63, 3.8) is 0 Å². The monoisotopic (exact) mass is 296 g/mol. The van der Waals surface area contributed by atoms with Crippen molar-refractivity contribution in [2.45, 2.75) is 26.7 Å². The van der Waals surface area contributed by atoms with Crippen LogP contribution >= 0.6 is 0 Å². The summed E-state index contributed by atoms with van der Waals surface area (Å²) >= 11 is 0. The molecule has 4 nitrogen and oxygen atoms in total. The van der Waals surface area contributed by atoms with E-state index in [2.05, 4.69) is 15.2 Å². The number of aromatic nitrogens is 2. The zero-order valence-corrected chi connectivity index (χ0v) is 12.8. The topological polar surface area (TPSA) is 42.0 Å². The molecule has 0 aliphatic carbocycles. The summed E-state index contributed by atoms with van der Waals surface area (Å²) in [5, 5.41) is 8.57. The summed E-state index contributed by atoms with van der Waals surface area (Å²) in [7, 11) is 0. The van der Waals surface area contributed by atoms with Gasteiger partial charge in [0.1, 0.15) is 11.5 Å². The number of hydrogen-bond acceptors (Lipinski definition) is 3. The molecular weight excluding hydrogens is 279 g/mol. The predicted molar refractivity (Wildman–Crippen MR) is 84.6 cm³/mol. The van der Waals surface area contributed by atoms with E-state index in [1.165, 1.54) is 17.8 Å². The zero-order valence-electron chi connectivity index (χ0n) is 12.8. The highest BCUT2D eigenvalue weighted by molar-refractivity contribution is 5.53. The van der Waals surface area contributed by atoms with Crippen molar-refractivity contribution < 1.29 is 4.39 Å². The van der Waals surface area contributed by atoms with Crippen molar-refractivity contribution in [1.29, 1.82) is 0 Å². The average molecular weight is 296 g/mol. The lowest BCUT2D eigenvalue weighted by atomic mass is 10.1. The van der Waals surface area contributed by atoms with Crippen LogP contribution < -0.4 is 0 Å². The van der Waals surface area contributed by atoms with Crippen molar-refractivity contribution in [3.8, 4) is 0 Å². The second kappa shape index (κ2) is 5.67. The molecular formula is C17H17FN4. The number of benzene rings is 1. The Morgan fingerprint density at radius 1 is 1.05 bits per heavy atom. The van der Waals surface area contributed by atoms with Gasteiger partial charge in [0, 0.05) is 6.20 Å². The Morgan fingerprint density at radius 3 is 2.45 bits per heavy atom. The Hall–Kier alpha value is -2.56. The highest BCUT2D eigenvalue weighted by Crippen LogP contribution is 2.29. The fourth-order valence-corrected chi connectivity index (χ4v) is 2.23. The molecule has 5 heteroatoms. The zero-order chi connectivity index (χ0) is 15.7. The number of halogens is 1. The normalized spacial score (nSPS) is 11.9. The van der Waals surface area contributed by atoms with Gasteiger partial charge in [-0.25, -0.2) is 9.37 Å². The average Bonchev–Trinajstić information content (AvgIpc) is 2.85. The molecule has 0 saturated heterocycles. The Labute approximate surface area is 128 Å². The van der Waals surface area contributed by atoms with E-state index >= 15 is 0 Å². The summed E-state index contributed by atoms with van der Waals surface area (Å²) in [6, 6.07) is 10.8. The van der Waals surface area contributed by atoms with Crippen LogP contribution in [0.3, 0.4) is 0 Å². The minimum Gasteiger partial charge on any atom is -0.280 e. The van der Waals surface area contributed by atoms with Gasteiger partial charge in [0.25, 0.3) is 0 Å². The molecule has 112 valence electrons. The lowest BCUT2D eigenvalue weighted by Gasteiger charge is -2.01. The first kappa shape index (κ1) is 14.4. The highest BCUT2D eigenvalue weighted by atomic mass is 19.1. The van der Waals surface area contributed by atoms with Gasteiger partial charge in [-0.15, -0.1) is 10.2 Å². The lowest BCUT2D eigenvalue weighted by Crippen LogP contribution is -1.88. The van der Waals surface area contributed by atoms with E-state index in [1.807, 2.05) is 45.0 Å². The number of azo groups is 1. The molecule has 22 heavy (non-hydrogen) atoms. The maximum atomic E-state index is 13.5. The maximum Gasteiger partial charge on any atom is 0.183 e. The minimum atomic E-state index is -0.327. The van der Waals surface area contributed by atoms with Crippen LogP contribution in [-0.4, -0.2) is 9.38 Å². The summed E-state index contributed by atoms with van der Waals surface area (Å²) in [5.74, 6) is 0.423. The number of pyridine rings is 1. The molecule has 2 heterocycles. The standard InChI is InChI=1S/C17H17FN4/c1-11(2)16-17(21-20-14-7-4-12(3)5-8-14)22-10-13(18)6-9-15(22)19-16/h4-11H,1-3H3. The lowest BCUT2D eigenvalue weighted by molar-refractivity contribution is 0.619. The molecule has 2 aromatic heterocycles. The van der Waals surface area contributed by atoms with Gasteiger partial charge >= 0.3 is 0 Å². The van der Waals surface area contributed by atoms with Gasteiger partial charge in [0.2, 0.25) is 0 Å². The van der Waals surface area contributed by atoms with E-state index in [9.17, 15) is 4.39 Å². The van der Waals surface area contributed by atoms with E-state index in [0.29, 0.717) is 11.5 Å². The molecule has 0 spiro atoms. The number of aryl methyl sites for hydroxylation is 1. The van der Waals surface area contributed by atoms with Gasteiger partial charge in [-0.3, -0.25) is 4.40 Å². The number of hydrogen-bond donors (Lipinski definition) is 0. The second-order valence-electron chi connectivity index (χ2n) is 5.59. The third kappa shape index (κ3) is 2.74. The van der Waals surface area contributed by atoms with Gasteiger partial charge in [-0.05, 0) is 37.1 Å². The Kier molecular flexibility index (Phi) is 3.71. The second-order valence-corrected chi connectivity index (χ2v) is 5.59. The molecule has 0 radical (unpaired) electrons. The van der Waals surface area contributed by atoms with Crippen LogP contribution in [-0.2, 0) is 0 Å². The molecule has 0 unspecified atom stereocenters. The van der Waals surface area contributed by atoms with Crippen molar-refractivity contribution in [1.82, 2.24) is 9.38 Å². The summed E-state index contributed by atoms with van der Waals surface area (Å²) in [5.41, 5.74) is 3.40. The summed E-state index contributed by atoms with van der Waals surface area (Å²) in [6.07, 6.45) is 1.39. The quantitative estimate of drug-likeness (QED) is 0.603. The Balaban J connectivity index is 2.09. The van der Waals surface area contributed by atoms with Gasteiger partial charge in [-0.1, -0.05) is 31.5 Å². The molecule has 1 aromatic carbocycles. The van der Waals surface area contributed by atoms with Crippen molar-refractivity contribution >= 4 is 17.2 Å². The summed E-state index contributed by atoms with van der Waals surface area (Å²) in [4.78, 5) is 4.52. The molecule has 0 atom stereocenters. The van der Waals surface area contributed by atoms with Gasteiger partial charge in [0.05, 0.1) is 11.4 Å². The Morgan fingerprint density at radius 2 is 1.77 bits per heavy atom. The molecule has 0 aliphatic heterocycles. The first-order valence-electron chi connectivity index (χ1n) is 7.20. The summed E-state index contributed by atoms with van der Waals surface area (Å²) < 4.78 is 15.2. The van der Waals surface area contributed by atoms with E-state index in [1.54, 1.807) is 10.5 Å². The fourth-order valence-electron chi connectivity index (χ4n) is 2.23. The molecule has 0 bridgehead atoms. The van der Waals surface area contributed by atoms with E-state index in [0.717, 1.165) is 11.4 Å². The molecule has 0 N–H and O–H groups in total. The van der Waals surface area contributed by atoms with Gasteiger partial charge in [-0.2, -0.15) is 0 Å². The van der Waals surface area contributed by atoms with Crippen LogP contribution in [0.5, 0.6) is 0 Å². The first-order valence-corrected chi connectivity index (χ1v) is 7.20. The number of fused-ring (bicyclic) bond motifs is 1.